The summed E-state index contributed by atoms with van der Waals surface area (Å²) >= 11 is 0. The average Bonchev–Trinajstić information content (AvgIpc) is 1.98. The lowest BCUT2D eigenvalue weighted by Crippen LogP contribution is -2.15. The highest BCUT2D eigenvalue weighted by Gasteiger charge is 1.80. The van der Waals surface area contributed by atoms with E-state index in [0.29, 0.717) is 0 Å². The first-order valence-electron chi connectivity index (χ1n) is 3.72. The number of nitrogens with zero attached hydrogens (tertiary/aromatic N) is 4. The molecule has 0 unspecified atom stereocenters. The molecule has 0 rings (SSSR count). The number of aliphatic hydroxyl groups is 1. The van der Waals surface area contributed by atoms with Gasteiger partial charge in [0, 0.05) is 6.54 Å². The van der Waals surface area contributed by atoms with E-state index in [9.17, 15) is 0 Å². The zero-order chi connectivity index (χ0) is 15.7. The largest absolute Gasteiger partial charge is 0.395 e. The van der Waals surface area contributed by atoms with Gasteiger partial charge in [-0.2, -0.15) is 0 Å². The topological polar surface area (TPSA) is 214 Å². The van der Waals surface area contributed by atoms with Crippen molar-refractivity contribution in [1.82, 2.24) is 4.90 Å². The summed E-state index contributed by atoms with van der Waals surface area (Å²) in [6.07, 6.45) is 0. The molecule has 0 amide bonds. The Bertz CT molecular complexity index is 179. The zero-order valence-electron chi connectivity index (χ0n) is 9.44. The second-order valence-electron chi connectivity index (χ2n) is 2.24. The minimum absolute atomic E-state index is 0.257. The molecule has 4 N–H and O–H groups in total. The van der Waals surface area contributed by atoms with Crippen molar-refractivity contribution in [3.63, 3.8) is 0 Å². The average molecular weight is 278 g/mol. The quantitative estimate of drug-likeness (QED) is 0.336. The van der Waals surface area contributed by atoms with Gasteiger partial charge >= 0.3 is 0 Å². The fourth-order valence-corrected chi connectivity index (χ4v) is 0.200. The van der Waals surface area contributed by atoms with E-state index in [1.807, 2.05) is 19.0 Å². The van der Waals surface area contributed by atoms with Crippen molar-refractivity contribution in [3.8, 4) is 0 Å². The molecule has 0 bridgehead atoms. The van der Waals surface area contributed by atoms with Gasteiger partial charge < -0.3 is 25.6 Å². The van der Waals surface area contributed by atoms with Crippen LogP contribution in [0.25, 0.3) is 0 Å². The van der Waals surface area contributed by atoms with Gasteiger partial charge in [0.15, 0.2) is 0 Å². The predicted molar refractivity (Wildman–Crippen MR) is 52.0 cm³/mol. The fraction of sp³-hybridized carbons (Fsp3) is 1.00. The Balaban J connectivity index is -0.0000000742. The van der Waals surface area contributed by atoms with E-state index in [4.69, 9.17) is 51.1 Å². The molecule has 18 heavy (non-hydrogen) atoms. The van der Waals surface area contributed by atoms with Gasteiger partial charge in [-0.15, -0.1) is 30.3 Å². The van der Waals surface area contributed by atoms with Crippen molar-refractivity contribution in [3.05, 3.63) is 30.3 Å². The van der Waals surface area contributed by atoms with Crippen LogP contribution in [-0.2, 0) is 0 Å². The summed E-state index contributed by atoms with van der Waals surface area (Å²) < 4.78 is 0. The van der Waals surface area contributed by atoms with Crippen molar-refractivity contribution >= 4 is 0 Å². The highest BCUT2D eigenvalue weighted by molar-refractivity contribution is 4.34. The zero-order valence-corrected chi connectivity index (χ0v) is 9.44. The van der Waals surface area contributed by atoms with Crippen molar-refractivity contribution in [2.24, 2.45) is 0 Å². The molecule has 14 nitrogen and oxygen atoms in total. The first-order valence-corrected chi connectivity index (χ1v) is 3.72. The molecule has 0 aliphatic rings. The van der Waals surface area contributed by atoms with Crippen LogP contribution in [0.2, 0.25) is 0 Å². The van der Waals surface area contributed by atoms with Gasteiger partial charge in [0.25, 0.3) is 15.3 Å². The number of likely N-dealkylation sites (N-methyl/N-ethyl adjacent to an activating group) is 1. The second-order valence-corrected chi connectivity index (χ2v) is 2.24. The maximum Gasteiger partial charge on any atom is 0.291 e. The highest BCUT2D eigenvalue weighted by Crippen LogP contribution is 1.66. The molecule has 0 aromatic rings. The Labute approximate surface area is 99.6 Å². The number of aliphatic hydroxyl groups excluding tert-OH is 1. The van der Waals surface area contributed by atoms with Crippen molar-refractivity contribution in [2.45, 2.75) is 0 Å². The molecular formula is C4H14N4O10. The van der Waals surface area contributed by atoms with E-state index in [1.54, 1.807) is 0 Å². The van der Waals surface area contributed by atoms with Gasteiger partial charge in [0.1, 0.15) is 0 Å². The summed E-state index contributed by atoms with van der Waals surface area (Å²) in [5.74, 6) is 0. The van der Waals surface area contributed by atoms with Crippen LogP contribution in [0.15, 0.2) is 0 Å². The van der Waals surface area contributed by atoms with Crippen LogP contribution < -0.4 is 0 Å². The molecule has 14 heteroatoms. The Kier molecular flexibility index (Phi) is 27.4. The van der Waals surface area contributed by atoms with Gasteiger partial charge in [-0.05, 0) is 14.1 Å². The second kappa shape index (κ2) is 20.0. The third-order valence-electron chi connectivity index (χ3n) is 0.547. The Morgan fingerprint density at radius 2 is 1.06 bits per heavy atom. The van der Waals surface area contributed by atoms with Crippen LogP contribution in [0.1, 0.15) is 0 Å². The molecule has 0 aromatic heterocycles. The lowest BCUT2D eigenvalue weighted by Gasteiger charge is -2.03. The van der Waals surface area contributed by atoms with Crippen LogP contribution in [-0.4, -0.2) is 68.1 Å². The Hall–Kier alpha value is -2.48. The van der Waals surface area contributed by atoms with E-state index in [-0.39, 0.29) is 6.61 Å². The van der Waals surface area contributed by atoms with E-state index in [2.05, 4.69) is 0 Å². The summed E-state index contributed by atoms with van der Waals surface area (Å²) in [5.41, 5.74) is 0. The van der Waals surface area contributed by atoms with Crippen LogP contribution in [0.3, 0.4) is 0 Å². The SMILES string of the molecule is CN(C)CCO.O=[N+]([O-])O.O=[N+]([O-])O.O=[N+]([O-])O. The number of hydrogen-bond acceptors (Lipinski definition) is 8. The molecule has 0 radical (unpaired) electrons. The normalized spacial score (nSPS) is 7.33. The summed E-state index contributed by atoms with van der Waals surface area (Å²) in [6, 6.07) is 0. The van der Waals surface area contributed by atoms with Crippen molar-refractivity contribution in [2.75, 3.05) is 27.2 Å². The maximum absolute atomic E-state index is 8.36. The molecular weight excluding hydrogens is 264 g/mol. The molecule has 0 fully saturated rings. The number of hydrogen-bond donors (Lipinski definition) is 4. The smallest absolute Gasteiger partial charge is 0.291 e. The summed E-state index contributed by atoms with van der Waals surface area (Å²) in [7, 11) is 3.85. The molecule has 0 heterocycles. The van der Waals surface area contributed by atoms with Gasteiger partial charge in [-0.25, -0.2) is 0 Å². The molecule has 0 aromatic carbocycles. The Morgan fingerprint density at radius 3 is 1.06 bits per heavy atom. The van der Waals surface area contributed by atoms with Crippen molar-refractivity contribution in [1.29, 1.82) is 0 Å². The third kappa shape index (κ3) is 7840. The van der Waals surface area contributed by atoms with E-state index >= 15 is 0 Å². The number of rotatable bonds is 2. The van der Waals surface area contributed by atoms with E-state index in [0.717, 1.165) is 6.54 Å². The molecule has 110 valence electrons. The lowest BCUT2D eigenvalue weighted by atomic mass is 10.6. The van der Waals surface area contributed by atoms with Crippen LogP contribution in [0.5, 0.6) is 0 Å². The lowest BCUT2D eigenvalue weighted by molar-refractivity contribution is -0.742. The van der Waals surface area contributed by atoms with E-state index < -0.39 is 15.3 Å². The molecule has 0 aliphatic heterocycles. The minimum atomic E-state index is -1.50. The molecule has 0 aliphatic carbocycles. The first kappa shape index (κ1) is 24.7. The molecule has 0 saturated carbocycles. The predicted octanol–water partition coefficient (Wildman–Crippen LogP) is -1.50. The summed E-state index contributed by atoms with van der Waals surface area (Å²) in [4.78, 5) is 27.0. The monoisotopic (exact) mass is 278 g/mol. The van der Waals surface area contributed by atoms with Crippen LogP contribution in [0.4, 0.5) is 0 Å². The third-order valence-corrected chi connectivity index (χ3v) is 0.547. The minimum Gasteiger partial charge on any atom is -0.395 e. The highest BCUT2D eigenvalue weighted by atomic mass is 16.9. The molecule has 0 saturated heterocycles. The van der Waals surface area contributed by atoms with Crippen LogP contribution in [0, 0.1) is 30.3 Å². The fourth-order valence-electron chi connectivity index (χ4n) is 0.200. The maximum atomic E-state index is 8.36. The summed E-state index contributed by atoms with van der Waals surface area (Å²) in [6.45, 7) is 1.02. The van der Waals surface area contributed by atoms with Gasteiger partial charge in [-0.1, -0.05) is 0 Å². The van der Waals surface area contributed by atoms with Gasteiger partial charge in [-0.3, -0.25) is 0 Å². The summed E-state index contributed by atoms with van der Waals surface area (Å²) in [5, 5.41) is 49.1. The van der Waals surface area contributed by atoms with Gasteiger partial charge in [0.2, 0.25) is 0 Å². The van der Waals surface area contributed by atoms with Crippen molar-refractivity contribution < 1.29 is 36.0 Å². The Morgan fingerprint density at radius 1 is 0.889 bits per heavy atom. The standard InChI is InChI=1S/C4H11NO.3HNO3/c1-5(2)3-4-6;3*2-1(3)4/h6H,3-4H2,1-2H3;3*(H,2,3,4). The van der Waals surface area contributed by atoms with Crippen LogP contribution >= 0.6 is 0 Å². The van der Waals surface area contributed by atoms with Gasteiger partial charge in [0.05, 0.1) is 6.61 Å². The first-order chi connectivity index (χ1) is 7.97. The molecule has 0 atom stereocenters. The molecule has 0 spiro atoms. The van der Waals surface area contributed by atoms with E-state index in [1.165, 1.54) is 0 Å².